The predicted molar refractivity (Wildman–Crippen MR) is 79.3 cm³/mol. The van der Waals surface area contributed by atoms with E-state index >= 15 is 0 Å². The first-order valence-electron chi connectivity index (χ1n) is 5.89. The topological polar surface area (TPSA) is 37.4 Å². The fraction of sp³-hybridized carbons (Fsp3) is 0.636. The summed E-state index contributed by atoms with van der Waals surface area (Å²) >= 11 is 10.4. The summed E-state index contributed by atoms with van der Waals surface area (Å²) in [6.45, 7) is 0.621. The Morgan fingerprint density at radius 3 is 2.83 bits per heavy atom. The van der Waals surface area contributed by atoms with Crippen molar-refractivity contribution in [3.63, 3.8) is 0 Å². The summed E-state index contributed by atoms with van der Waals surface area (Å²) in [5, 5.41) is 0.828. The number of halogens is 2. The monoisotopic (exact) mass is 371 g/mol. The van der Waals surface area contributed by atoms with Crippen molar-refractivity contribution >= 4 is 48.9 Å². The van der Waals surface area contributed by atoms with Gasteiger partial charge in [0.15, 0.2) is 0 Å². The van der Waals surface area contributed by atoms with Crippen molar-refractivity contribution in [2.75, 3.05) is 11.9 Å². The van der Waals surface area contributed by atoms with Gasteiger partial charge in [0.05, 0.1) is 4.34 Å². The van der Waals surface area contributed by atoms with Crippen LogP contribution in [0.25, 0.3) is 0 Å². The zero-order valence-electron chi connectivity index (χ0n) is 9.81. The summed E-state index contributed by atoms with van der Waals surface area (Å²) in [4.78, 5) is 0. The Balaban J connectivity index is 2.27. The molecule has 0 spiro atoms. The van der Waals surface area contributed by atoms with Gasteiger partial charge in [-0.2, -0.15) is 4.31 Å². The molecular weight excluding hydrogens is 358 g/mol. The lowest BCUT2D eigenvalue weighted by atomic mass is 10.0. The number of thiophene rings is 1. The van der Waals surface area contributed by atoms with Gasteiger partial charge in [-0.3, -0.25) is 0 Å². The van der Waals surface area contributed by atoms with Crippen molar-refractivity contribution in [3.05, 3.63) is 16.5 Å². The van der Waals surface area contributed by atoms with Crippen LogP contribution in [0.4, 0.5) is 0 Å². The molecule has 1 aromatic rings. The SMILES string of the molecule is O=S(=O)(c1ccc(Cl)s1)N1CCCCC1CCBr. The molecule has 1 unspecified atom stereocenters. The second kappa shape index (κ2) is 6.22. The number of rotatable bonds is 4. The number of sulfonamides is 1. The molecule has 0 radical (unpaired) electrons. The Labute approximate surface area is 125 Å². The minimum absolute atomic E-state index is 0.115. The zero-order valence-corrected chi connectivity index (χ0v) is 13.8. The lowest BCUT2D eigenvalue weighted by Crippen LogP contribution is -2.43. The Kier molecular flexibility index (Phi) is 5.11. The Morgan fingerprint density at radius 2 is 2.22 bits per heavy atom. The van der Waals surface area contributed by atoms with E-state index in [9.17, 15) is 8.42 Å². The van der Waals surface area contributed by atoms with Crippen LogP contribution in [0.1, 0.15) is 25.7 Å². The summed E-state index contributed by atoms with van der Waals surface area (Å²) < 4.78 is 27.6. The molecule has 0 aromatic carbocycles. The molecule has 7 heteroatoms. The minimum atomic E-state index is -3.37. The van der Waals surface area contributed by atoms with E-state index in [1.807, 2.05) is 0 Å². The van der Waals surface area contributed by atoms with Gasteiger partial charge in [-0.15, -0.1) is 11.3 Å². The molecule has 1 saturated heterocycles. The van der Waals surface area contributed by atoms with Crippen molar-refractivity contribution < 1.29 is 8.42 Å². The van der Waals surface area contributed by atoms with Crippen molar-refractivity contribution in [2.45, 2.75) is 35.9 Å². The first kappa shape index (κ1) is 14.8. The van der Waals surface area contributed by atoms with Gasteiger partial charge in [0.1, 0.15) is 4.21 Å². The maximum atomic E-state index is 12.5. The second-order valence-electron chi connectivity index (χ2n) is 4.30. The third-order valence-electron chi connectivity index (χ3n) is 3.13. The lowest BCUT2D eigenvalue weighted by Gasteiger charge is -2.34. The Bertz CT molecular complexity index is 501. The van der Waals surface area contributed by atoms with E-state index in [0.29, 0.717) is 15.1 Å². The summed E-state index contributed by atoms with van der Waals surface area (Å²) in [7, 11) is -3.37. The smallest absolute Gasteiger partial charge is 0.206 e. The zero-order chi connectivity index (χ0) is 13.2. The molecule has 0 aliphatic carbocycles. The van der Waals surface area contributed by atoms with Gasteiger partial charge in [-0.05, 0) is 31.4 Å². The van der Waals surface area contributed by atoms with Crippen LogP contribution >= 0.6 is 38.9 Å². The fourth-order valence-corrected chi connectivity index (χ4v) is 6.12. The third kappa shape index (κ3) is 3.10. The average Bonchev–Trinajstić information content (AvgIpc) is 2.78. The van der Waals surface area contributed by atoms with Crippen molar-refractivity contribution in [1.82, 2.24) is 4.31 Å². The van der Waals surface area contributed by atoms with Gasteiger partial charge in [0.2, 0.25) is 0 Å². The van der Waals surface area contributed by atoms with Crippen LogP contribution < -0.4 is 0 Å². The number of nitrogens with zero attached hydrogens (tertiary/aromatic N) is 1. The summed E-state index contributed by atoms with van der Waals surface area (Å²) in [6, 6.07) is 3.36. The normalized spacial score (nSPS) is 22.2. The highest BCUT2D eigenvalue weighted by molar-refractivity contribution is 9.09. The largest absolute Gasteiger partial charge is 0.252 e. The summed E-state index contributed by atoms with van der Waals surface area (Å²) in [5.74, 6) is 0. The van der Waals surface area contributed by atoms with Crippen molar-refractivity contribution in [2.24, 2.45) is 0 Å². The molecule has 1 fully saturated rings. The molecule has 2 heterocycles. The van der Waals surface area contributed by atoms with Crippen LogP contribution in [0.3, 0.4) is 0 Å². The number of hydrogen-bond acceptors (Lipinski definition) is 3. The average molecular weight is 373 g/mol. The van der Waals surface area contributed by atoms with Crippen LogP contribution in [-0.2, 0) is 10.0 Å². The van der Waals surface area contributed by atoms with E-state index in [-0.39, 0.29) is 6.04 Å². The lowest BCUT2D eigenvalue weighted by molar-refractivity contribution is 0.248. The standard InChI is InChI=1S/C11H15BrClNO2S2/c12-7-6-9-3-1-2-8-14(9)18(15,16)11-5-4-10(13)17-11/h4-5,9H,1-3,6-8H2. The summed E-state index contributed by atoms with van der Waals surface area (Å²) in [6.07, 6.45) is 3.86. The van der Waals surface area contributed by atoms with Gasteiger partial charge >= 0.3 is 0 Å². The molecule has 1 aromatic heterocycles. The summed E-state index contributed by atoms with van der Waals surface area (Å²) in [5.41, 5.74) is 0. The van der Waals surface area contributed by atoms with E-state index in [1.54, 1.807) is 16.4 Å². The van der Waals surface area contributed by atoms with Crippen molar-refractivity contribution in [3.8, 4) is 0 Å². The number of hydrogen-bond donors (Lipinski definition) is 0. The third-order valence-corrected chi connectivity index (χ3v) is 7.24. The molecule has 1 aliphatic heterocycles. The maximum absolute atomic E-state index is 12.5. The van der Waals surface area contributed by atoms with Gasteiger partial charge in [-0.25, -0.2) is 8.42 Å². The van der Waals surface area contributed by atoms with Gasteiger partial charge in [-0.1, -0.05) is 34.0 Å². The van der Waals surface area contributed by atoms with Gasteiger partial charge < -0.3 is 0 Å². The molecule has 2 rings (SSSR count). The molecule has 1 atom stereocenters. The number of piperidine rings is 1. The van der Waals surface area contributed by atoms with Gasteiger partial charge in [0, 0.05) is 17.9 Å². The van der Waals surface area contributed by atoms with Gasteiger partial charge in [0.25, 0.3) is 10.0 Å². The van der Waals surface area contributed by atoms with E-state index in [2.05, 4.69) is 15.9 Å². The van der Waals surface area contributed by atoms with Crippen LogP contribution in [0.5, 0.6) is 0 Å². The highest BCUT2D eigenvalue weighted by Gasteiger charge is 2.33. The Hall–Kier alpha value is 0.380. The molecule has 102 valence electrons. The first-order chi connectivity index (χ1) is 8.55. The molecule has 0 amide bonds. The van der Waals surface area contributed by atoms with E-state index in [1.165, 1.54) is 0 Å². The maximum Gasteiger partial charge on any atom is 0.252 e. The van der Waals surface area contributed by atoms with Crippen LogP contribution in [0.2, 0.25) is 4.34 Å². The molecule has 0 saturated carbocycles. The molecule has 0 N–H and O–H groups in total. The minimum Gasteiger partial charge on any atom is -0.206 e. The van der Waals surface area contributed by atoms with Crippen LogP contribution in [0, 0.1) is 0 Å². The fourth-order valence-electron chi connectivity index (χ4n) is 2.26. The predicted octanol–water partition coefficient (Wildman–Crippen LogP) is 3.73. The molecular formula is C11H15BrClNO2S2. The second-order valence-corrected chi connectivity index (χ2v) is 8.93. The van der Waals surface area contributed by atoms with Crippen LogP contribution in [0.15, 0.2) is 16.3 Å². The van der Waals surface area contributed by atoms with E-state index < -0.39 is 10.0 Å². The first-order valence-corrected chi connectivity index (χ1v) is 9.64. The molecule has 0 bridgehead atoms. The quantitative estimate of drug-likeness (QED) is 0.755. The molecule has 18 heavy (non-hydrogen) atoms. The van der Waals surface area contributed by atoms with Crippen LogP contribution in [-0.4, -0.2) is 30.6 Å². The molecule has 3 nitrogen and oxygen atoms in total. The highest BCUT2D eigenvalue weighted by Crippen LogP contribution is 2.32. The van der Waals surface area contributed by atoms with E-state index in [0.717, 1.165) is 42.4 Å². The van der Waals surface area contributed by atoms with Crippen molar-refractivity contribution in [1.29, 1.82) is 0 Å². The number of alkyl halides is 1. The highest BCUT2D eigenvalue weighted by atomic mass is 79.9. The van der Waals surface area contributed by atoms with E-state index in [4.69, 9.17) is 11.6 Å². The molecule has 1 aliphatic rings. The Morgan fingerprint density at radius 1 is 1.44 bits per heavy atom.